The number of benzene rings is 3. The van der Waals surface area contributed by atoms with Gasteiger partial charge in [-0.25, -0.2) is 0 Å². The first-order valence-electron chi connectivity index (χ1n) is 12.2. The Morgan fingerprint density at radius 3 is 2.09 bits per heavy atom. The summed E-state index contributed by atoms with van der Waals surface area (Å²) >= 11 is 0. The molecule has 34 heavy (non-hydrogen) atoms. The van der Waals surface area contributed by atoms with Crippen molar-refractivity contribution in [3.63, 3.8) is 0 Å². The number of aryl methyl sites for hydroxylation is 2. The van der Waals surface area contributed by atoms with Crippen molar-refractivity contribution in [1.29, 1.82) is 0 Å². The van der Waals surface area contributed by atoms with Crippen LogP contribution in [0.1, 0.15) is 47.6 Å². The predicted octanol–water partition coefficient (Wildman–Crippen LogP) is 5.40. The fourth-order valence-corrected chi connectivity index (χ4v) is 4.17. The van der Waals surface area contributed by atoms with E-state index in [0.29, 0.717) is 19.5 Å². The molecule has 4 nitrogen and oxygen atoms in total. The van der Waals surface area contributed by atoms with Crippen LogP contribution in [0.15, 0.2) is 78.9 Å². The van der Waals surface area contributed by atoms with Gasteiger partial charge in [0, 0.05) is 19.5 Å². The van der Waals surface area contributed by atoms with Crippen molar-refractivity contribution in [2.45, 2.75) is 59.0 Å². The van der Waals surface area contributed by atoms with Crippen molar-refractivity contribution in [1.82, 2.24) is 10.2 Å². The molecule has 2 amide bonds. The Labute approximate surface area is 204 Å². The minimum Gasteiger partial charge on any atom is -0.354 e. The molecule has 0 aliphatic heterocycles. The van der Waals surface area contributed by atoms with Gasteiger partial charge in [0.05, 0.1) is 6.42 Å². The summed E-state index contributed by atoms with van der Waals surface area (Å²) in [5.74, 6) is -0.138. The van der Waals surface area contributed by atoms with Crippen LogP contribution >= 0.6 is 0 Å². The highest BCUT2D eigenvalue weighted by Crippen LogP contribution is 2.18. The monoisotopic (exact) mass is 456 g/mol. The average molecular weight is 457 g/mol. The maximum atomic E-state index is 13.7. The van der Waals surface area contributed by atoms with Crippen molar-refractivity contribution < 1.29 is 9.59 Å². The van der Waals surface area contributed by atoms with Crippen molar-refractivity contribution in [2.24, 2.45) is 0 Å². The van der Waals surface area contributed by atoms with Gasteiger partial charge in [-0.3, -0.25) is 9.59 Å². The van der Waals surface area contributed by atoms with Crippen LogP contribution in [0.2, 0.25) is 0 Å². The number of hydrogen-bond acceptors (Lipinski definition) is 2. The third kappa shape index (κ3) is 7.58. The van der Waals surface area contributed by atoms with Crippen LogP contribution in [0, 0.1) is 13.8 Å². The first-order valence-corrected chi connectivity index (χ1v) is 12.2. The molecule has 0 fully saturated rings. The number of rotatable bonds is 11. The number of carbonyl (C=O) groups is 2. The van der Waals surface area contributed by atoms with Crippen LogP contribution in [-0.2, 0) is 29.0 Å². The van der Waals surface area contributed by atoms with Gasteiger partial charge in [0.25, 0.3) is 0 Å². The Hall–Kier alpha value is -3.40. The molecule has 0 aromatic heterocycles. The zero-order valence-corrected chi connectivity index (χ0v) is 20.6. The summed E-state index contributed by atoms with van der Waals surface area (Å²) in [7, 11) is 0. The van der Waals surface area contributed by atoms with Gasteiger partial charge in [0.2, 0.25) is 11.8 Å². The Morgan fingerprint density at radius 2 is 1.44 bits per heavy atom. The summed E-state index contributed by atoms with van der Waals surface area (Å²) in [6, 6.07) is 25.5. The molecule has 0 radical (unpaired) electrons. The van der Waals surface area contributed by atoms with Crippen LogP contribution in [0.3, 0.4) is 0 Å². The van der Waals surface area contributed by atoms with Crippen LogP contribution in [0.4, 0.5) is 0 Å². The van der Waals surface area contributed by atoms with Crippen molar-refractivity contribution >= 4 is 11.8 Å². The number of nitrogens with zero attached hydrogens (tertiary/aromatic N) is 1. The van der Waals surface area contributed by atoms with E-state index in [2.05, 4.69) is 18.3 Å². The molecule has 1 unspecified atom stereocenters. The Morgan fingerprint density at radius 1 is 0.824 bits per heavy atom. The van der Waals surface area contributed by atoms with Gasteiger partial charge in [0.1, 0.15) is 6.04 Å². The highest BCUT2D eigenvalue weighted by atomic mass is 16.2. The summed E-state index contributed by atoms with van der Waals surface area (Å²) in [5.41, 5.74) is 5.28. The highest BCUT2D eigenvalue weighted by molar-refractivity contribution is 5.88. The lowest BCUT2D eigenvalue weighted by Crippen LogP contribution is -2.51. The molecule has 1 atom stereocenters. The first-order chi connectivity index (χ1) is 16.5. The Bertz CT molecular complexity index is 1080. The summed E-state index contributed by atoms with van der Waals surface area (Å²) in [4.78, 5) is 28.9. The lowest BCUT2D eigenvalue weighted by molar-refractivity contribution is -0.140. The summed E-state index contributed by atoms with van der Waals surface area (Å²) < 4.78 is 0. The molecule has 0 spiro atoms. The first kappa shape index (κ1) is 25.2. The van der Waals surface area contributed by atoms with Crippen molar-refractivity contribution in [3.8, 4) is 0 Å². The zero-order chi connectivity index (χ0) is 24.3. The van der Waals surface area contributed by atoms with Gasteiger partial charge < -0.3 is 10.2 Å². The number of amides is 2. The van der Waals surface area contributed by atoms with Crippen LogP contribution in [-0.4, -0.2) is 29.3 Å². The second-order valence-corrected chi connectivity index (χ2v) is 9.03. The van der Waals surface area contributed by atoms with E-state index in [1.165, 1.54) is 0 Å². The molecular weight excluding hydrogens is 420 g/mol. The molecule has 0 bridgehead atoms. The van der Waals surface area contributed by atoms with E-state index in [9.17, 15) is 9.59 Å². The third-order valence-electron chi connectivity index (χ3n) is 5.97. The van der Waals surface area contributed by atoms with E-state index in [1.54, 1.807) is 4.90 Å². The number of carbonyl (C=O) groups excluding carboxylic acids is 2. The second-order valence-electron chi connectivity index (χ2n) is 9.03. The van der Waals surface area contributed by atoms with E-state index >= 15 is 0 Å². The van der Waals surface area contributed by atoms with E-state index in [0.717, 1.165) is 40.7 Å². The van der Waals surface area contributed by atoms with E-state index in [-0.39, 0.29) is 18.2 Å². The van der Waals surface area contributed by atoms with E-state index < -0.39 is 6.04 Å². The molecule has 1 N–H and O–H groups in total. The molecule has 3 aromatic rings. The summed E-state index contributed by atoms with van der Waals surface area (Å²) in [6.07, 6.45) is 2.66. The minimum atomic E-state index is -0.586. The maximum absolute atomic E-state index is 13.7. The predicted molar refractivity (Wildman–Crippen MR) is 138 cm³/mol. The molecule has 3 rings (SSSR count). The standard InChI is InChI=1S/C30H36N2O2/c1-4-5-17-31-30(34)28(20-25-13-7-6-8-14-25)32(22-27-16-10-12-24(3)19-27)29(33)21-26-15-9-11-23(2)18-26/h6-16,18-19,28H,4-5,17,20-22H2,1-3H3,(H,31,34). The normalized spacial score (nSPS) is 11.6. The number of unbranched alkanes of at least 4 members (excludes halogenated alkanes) is 1. The SMILES string of the molecule is CCCCNC(=O)C(Cc1ccccc1)N(Cc1cccc(C)c1)C(=O)Cc1cccc(C)c1. The maximum Gasteiger partial charge on any atom is 0.243 e. The largest absolute Gasteiger partial charge is 0.354 e. The Kier molecular flexibility index (Phi) is 9.45. The lowest BCUT2D eigenvalue weighted by atomic mass is 10.0. The molecule has 3 aromatic carbocycles. The minimum absolute atomic E-state index is 0.0429. The van der Waals surface area contributed by atoms with Crippen LogP contribution < -0.4 is 5.32 Å². The van der Waals surface area contributed by atoms with Crippen molar-refractivity contribution in [3.05, 3.63) is 107 Å². The zero-order valence-electron chi connectivity index (χ0n) is 20.6. The summed E-state index contributed by atoms with van der Waals surface area (Å²) in [6.45, 7) is 7.18. The molecule has 4 heteroatoms. The van der Waals surface area contributed by atoms with Gasteiger partial charge in [-0.2, -0.15) is 0 Å². The smallest absolute Gasteiger partial charge is 0.243 e. The van der Waals surface area contributed by atoms with E-state index in [1.807, 2.05) is 86.6 Å². The lowest BCUT2D eigenvalue weighted by Gasteiger charge is -2.32. The quantitative estimate of drug-likeness (QED) is 0.393. The topological polar surface area (TPSA) is 49.4 Å². The molecule has 178 valence electrons. The molecular formula is C30H36N2O2. The molecule has 0 heterocycles. The number of nitrogens with one attached hydrogen (secondary N) is 1. The van der Waals surface area contributed by atoms with Gasteiger partial charge in [-0.15, -0.1) is 0 Å². The highest BCUT2D eigenvalue weighted by Gasteiger charge is 2.30. The molecule has 0 saturated heterocycles. The molecule has 0 aliphatic carbocycles. The van der Waals surface area contributed by atoms with Crippen LogP contribution in [0.5, 0.6) is 0 Å². The number of hydrogen-bond donors (Lipinski definition) is 1. The van der Waals surface area contributed by atoms with E-state index in [4.69, 9.17) is 0 Å². The molecule has 0 aliphatic rings. The van der Waals surface area contributed by atoms with Crippen LogP contribution in [0.25, 0.3) is 0 Å². The fourth-order valence-electron chi connectivity index (χ4n) is 4.17. The summed E-state index contributed by atoms with van der Waals surface area (Å²) in [5, 5.41) is 3.08. The Balaban J connectivity index is 1.94. The van der Waals surface area contributed by atoms with Gasteiger partial charge in [-0.1, -0.05) is 103 Å². The second kappa shape index (κ2) is 12.7. The molecule has 0 saturated carbocycles. The van der Waals surface area contributed by atoms with Crippen molar-refractivity contribution in [2.75, 3.05) is 6.54 Å². The van der Waals surface area contributed by atoms with Gasteiger partial charge >= 0.3 is 0 Å². The third-order valence-corrected chi connectivity index (χ3v) is 5.97. The average Bonchev–Trinajstić information content (AvgIpc) is 2.82. The van der Waals surface area contributed by atoms with Gasteiger partial charge in [-0.05, 0) is 37.0 Å². The fraction of sp³-hybridized carbons (Fsp3) is 0.333. The van der Waals surface area contributed by atoms with Gasteiger partial charge in [0.15, 0.2) is 0 Å².